The number of aromatic nitrogens is 4. The summed E-state index contributed by atoms with van der Waals surface area (Å²) in [6, 6.07) is 4.86. The number of aryl methyl sites for hydroxylation is 2. The highest BCUT2D eigenvalue weighted by Crippen LogP contribution is 2.51. The highest BCUT2D eigenvalue weighted by Gasteiger charge is 2.46. The van der Waals surface area contributed by atoms with Gasteiger partial charge >= 0.3 is 0 Å². The molecule has 2 aliphatic heterocycles. The molecular weight excluding hydrogens is 384 g/mol. The van der Waals surface area contributed by atoms with Crippen LogP contribution in [0.1, 0.15) is 44.6 Å². The molecule has 31 heavy (non-hydrogen) atoms. The minimum absolute atomic E-state index is 0.527. The molecule has 6 rings (SSSR count). The summed E-state index contributed by atoms with van der Waals surface area (Å²) in [4.78, 5) is 5.30. The lowest BCUT2D eigenvalue weighted by Gasteiger charge is -2.39. The van der Waals surface area contributed by atoms with Gasteiger partial charge in [0, 0.05) is 39.3 Å². The van der Waals surface area contributed by atoms with Crippen molar-refractivity contribution >= 4 is 5.82 Å². The first-order chi connectivity index (χ1) is 15.0. The molecule has 3 fully saturated rings. The number of likely N-dealkylation sites (tertiary alicyclic amines) is 1. The minimum atomic E-state index is 0.527. The molecule has 0 radical (unpaired) electrons. The molecule has 2 aromatic rings. The third-order valence-electron chi connectivity index (χ3n) is 8.31. The van der Waals surface area contributed by atoms with Crippen molar-refractivity contribution in [3.05, 3.63) is 35.5 Å². The molecule has 6 heteroatoms. The summed E-state index contributed by atoms with van der Waals surface area (Å²) < 4.78 is 1.88. The van der Waals surface area contributed by atoms with E-state index in [1.807, 2.05) is 17.9 Å². The first-order valence-corrected chi connectivity index (χ1v) is 12.0. The summed E-state index contributed by atoms with van der Waals surface area (Å²) in [7, 11) is 1.96. The Labute approximate surface area is 185 Å². The van der Waals surface area contributed by atoms with E-state index in [9.17, 15) is 0 Å². The monoisotopic (exact) mass is 418 g/mol. The van der Waals surface area contributed by atoms with Gasteiger partial charge in [0.15, 0.2) is 5.82 Å². The van der Waals surface area contributed by atoms with Gasteiger partial charge in [0.05, 0.1) is 11.9 Å². The highest BCUT2D eigenvalue weighted by molar-refractivity contribution is 5.59. The maximum atomic E-state index is 4.65. The lowest BCUT2D eigenvalue weighted by molar-refractivity contribution is 0.129. The molecule has 2 unspecified atom stereocenters. The number of anilines is 1. The number of rotatable bonds is 4. The lowest BCUT2D eigenvalue weighted by atomic mass is 9.71. The highest BCUT2D eigenvalue weighted by atomic mass is 15.3. The molecule has 2 saturated heterocycles. The summed E-state index contributed by atoms with van der Waals surface area (Å²) in [6.07, 6.45) is 11.1. The van der Waals surface area contributed by atoms with E-state index in [1.54, 1.807) is 5.57 Å². The van der Waals surface area contributed by atoms with Crippen LogP contribution in [0, 0.1) is 24.2 Å². The molecule has 0 aromatic carbocycles. The molecule has 0 amide bonds. The van der Waals surface area contributed by atoms with Crippen LogP contribution in [0.3, 0.4) is 0 Å². The number of hydrogen-bond acceptors (Lipinski definition) is 5. The molecule has 4 heterocycles. The maximum absolute atomic E-state index is 4.65. The van der Waals surface area contributed by atoms with E-state index in [4.69, 9.17) is 0 Å². The van der Waals surface area contributed by atoms with E-state index in [-0.39, 0.29) is 0 Å². The second-order valence-corrected chi connectivity index (χ2v) is 10.8. The maximum Gasteiger partial charge on any atom is 0.151 e. The van der Waals surface area contributed by atoms with Crippen molar-refractivity contribution in [1.82, 2.24) is 24.9 Å². The average Bonchev–Trinajstić information content (AvgIpc) is 3.46. The summed E-state index contributed by atoms with van der Waals surface area (Å²) in [6.45, 7) is 9.35. The third-order valence-corrected chi connectivity index (χ3v) is 8.31. The molecule has 2 aliphatic carbocycles. The Hall–Kier alpha value is -2.21. The number of hydrogen-bond donors (Lipinski definition) is 0. The second kappa shape index (κ2) is 7.16. The van der Waals surface area contributed by atoms with Gasteiger partial charge in [-0.1, -0.05) is 18.6 Å². The van der Waals surface area contributed by atoms with Gasteiger partial charge < -0.3 is 9.80 Å². The summed E-state index contributed by atoms with van der Waals surface area (Å²) in [5.41, 5.74) is 5.35. The van der Waals surface area contributed by atoms with Crippen molar-refractivity contribution in [2.75, 3.05) is 31.1 Å². The Morgan fingerprint density at radius 1 is 1.19 bits per heavy atom. The Bertz CT molecular complexity index is 988. The molecule has 164 valence electrons. The van der Waals surface area contributed by atoms with E-state index < -0.39 is 0 Å². The molecule has 4 aliphatic rings. The SMILES string of the molecule is Cc1cnn(C)c1-c1ccc(N2CC[C@H]3CN(CC45CC=C(CC(C)C4)C5)C[C@H]32)nn1. The number of fused-ring (bicyclic) bond motifs is 3. The van der Waals surface area contributed by atoms with Gasteiger partial charge in [-0.3, -0.25) is 4.68 Å². The zero-order chi connectivity index (χ0) is 21.2. The fourth-order valence-corrected chi connectivity index (χ4v) is 7.20. The van der Waals surface area contributed by atoms with Gasteiger partial charge in [-0.05, 0) is 74.0 Å². The smallest absolute Gasteiger partial charge is 0.151 e. The van der Waals surface area contributed by atoms with Gasteiger partial charge in [-0.2, -0.15) is 5.10 Å². The molecule has 4 atom stereocenters. The van der Waals surface area contributed by atoms with E-state index in [2.05, 4.69) is 57.2 Å². The average molecular weight is 419 g/mol. The predicted molar refractivity (Wildman–Crippen MR) is 123 cm³/mol. The second-order valence-electron chi connectivity index (χ2n) is 10.8. The van der Waals surface area contributed by atoms with Crippen LogP contribution in [0.5, 0.6) is 0 Å². The normalized spacial score (nSPS) is 32.5. The number of allylic oxidation sites excluding steroid dienone is 2. The minimum Gasteiger partial charge on any atom is -0.351 e. The van der Waals surface area contributed by atoms with Crippen molar-refractivity contribution < 1.29 is 0 Å². The van der Waals surface area contributed by atoms with Crippen LogP contribution < -0.4 is 4.90 Å². The first kappa shape index (κ1) is 19.5. The Kier molecular flexibility index (Phi) is 4.50. The zero-order valence-electron chi connectivity index (χ0n) is 19.1. The molecule has 1 saturated carbocycles. The topological polar surface area (TPSA) is 50.1 Å². The van der Waals surface area contributed by atoms with Crippen molar-refractivity contribution in [2.45, 2.75) is 52.0 Å². The van der Waals surface area contributed by atoms with Crippen LogP contribution in [0.4, 0.5) is 5.82 Å². The van der Waals surface area contributed by atoms with Crippen LogP contribution in [0.2, 0.25) is 0 Å². The van der Waals surface area contributed by atoms with Crippen molar-refractivity contribution in [3.63, 3.8) is 0 Å². The summed E-state index contributed by atoms with van der Waals surface area (Å²) in [5.74, 6) is 2.66. The van der Waals surface area contributed by atoms with E-state index >= 15 is 0 Å². The van der Waals surface area contributed by atoms with Crippen LogP contribution in [0.15, 0.2) is 30.0 Å². The summed E-state index contributed by atoms with van der Waals surface area (Å²) >= 11 is 0. The van der Waals surface area contributed by atoms with Crippen molar-refractivity contribution in [1.29, 1.82) is 0 Å². The van der Waals surface area contributed by atoms with Crippen LogP contribution in [-0.2, 0) is 7.05 Å². The van der Waals surface area contributed by atoms with Crippen LogP contribution in [0.25, 0.3) is 11.4 Å². The molecule has 6 nitrogen and oxygen atoms in total. The number of nitrogens with zero attached hydrogens (tertiary/aromatic N) is 6. The van der Waals surface area contributed by atoms with Crippen LogP contribution >= 0.6 is 0 Å². The molecule has 2 bridgehead atoms. The van der Waals surface area contributed by atoms with Gasteiger partial charge in [0.1, 0.15) is 5.69 Å². The van der Waals surface area contributed by atoms with E-state index in [0.29, 0.717) is 11.5 Å². The van der Waals surface area contributed by atoms with E-state index in [1.165, 1.54) is 51.7 Å². The predicted octanol–water partition coefficient (Wildman–Crippen LogP) is 3.83. The Balaban J connectivity index is 1.15. The van der Waals surface area contributed by atoms with Crippen molar-refractivity contribution in [2.24, 2.45) is 24.3 Å². The molecular formula is C25H34N6. The Morgan fingerprint density at radius 3 is 2.87 bits per heavy atom. The Morgan fingerprint density at radius 2 is 2.10 bits per heavy atom. The van der Waals surface area contributed by atoms with Crippen LogP contribution in [-0.4, -0.2) is 57.1 Å². The van der Waals surface area contributed by atoms with Gasteiger partial charge in [-0.15, -0.1) is 10.2 Å². The van der Waals surface area contributed by atoms with E-state index in [0.717, 1.165) is 41.1 Å². The van der Waals surface area contributed by atoms with Gasteiger partial charge in [-0.25, -0.2) is 0 Å². The molecule has 0 spiro atoms. The first-order valence-electron chi connectivity index (χ1n) is 12.0. The molecule has 0 N–H and O–H groups in total. The largest absolute Gasteiger partial charge is 0.351 e. The van der Waals surface area contributed by atoms with Gasteiger partial charge in [0.25, 0.3) is 0 Å². The summed E-state index contributed by atoms with van der Waals surface area (Å²) in [5, 5.41) is 13.6. The zero-order valence-corrected chi connectivity index (χ0v) is 19.1. The van der Waals surface area contributed by atoms with Crippen molar-refractivity contribution in [3.8, 4) is 11.4 Å². The van der Waals surface area contributed by atoms with Gasteiger partial charge in [0.2, 0.25) is 0 Å². The molecule has 2 aromatic heterocycles. The standard InChI is InChI=1S/C25H34N6/c1-17-10-19-6-8-25(11-17,12-19)16-30-14-20-7-9-31(22(20)15-30)23-5-4-21(27-28-23)24-18(2)13-26-29(24)3/h4-6,13,17,20,22H,7-12,14-16H2,1-3H3/t17?,20-,22+,25?/m0/s1. The quantitative estimate of drug-likeness (QED) is 0.707. The third kappa shape index (κ3) is 3.30. The fourth-order valence-electron chi connectivity index (χ4n) is 7.20. The lowest BCUT2D eigenvalue weighted by Crippen LogP contribution is -2.41. The fraction of sp³-hybridized carbons (Fsp3) is 0.640.